The summed E-state index contributed by atoms with van der Waals surface area (Å²) in [6, 6.07) is 27.5. The van der Waals surface area contributed by atoms with Crippen molar-refractivity contribution < 1.29 is 9.53 Å². The van der Waals surface area contributed by atoms with Gasteiger partial charge in [0.15, 0.2) is 5.96 Å². The number of likely N-dealkylation sites (tertiary alicyclic amines) is 1. The Labute approximate surface area is 245 Å². The average molecular weight is 553 g/mol. The van der Waals surface area contributed by atoms with E-state index in [4.69, 9.17) is 9.73 Å². The molecule has 0 unspecified atom stereocenters. The molecule has 6 heteroatoms. The lowest BCUT2D eigenvalue weighted by atomic mass is 9.80. The second-order valence-electron chi connectivity index (χ2n) is 11.2. The first-order chi connectivity index (χ1) is 20.2. The third-order valence-electron chi connectivity index (χ3n) is 8.37. The number of nitrogens with zero attached hydrogens (tertiary/aromatic N) is 2. The van der Waals surface area contributed by atoms with Crippen LogP contribution in [0.1, 0.15) is 85.5 Å². The molecule has 3 aromatic rings. The van der Waals surface area contributed by atoms with Gasteiger partial charge < -0.3 is 20.3 Å². The highest BCUT2D eigenvalue weighted by molar-refractivity contribution is 5.90. The van der Waals surface area contributed by atoms with Crippen LogP contribution in [0.25, 0.3) is 0 Å². The van der Waals surface area contributed by atoms with E-state index < -0.39 is 0 Å². The quantitative estimate of drug-likeness (QED) is 0.113. The zero-order chi connectivity index (χ0) is 28.4. The number of carbonyl (C=O) groups excluding carboxylic acids is 1. The molecule has 3 atom stereocenters. The van der Waals surface area contributed by atoms with E-state index in [0.29, 0.717) is 37.2 Å². The Morgan fingerprint density at radius 2 is 1.73 bits per heavy atom. The summed E-state index contributed by atoms with van der Waals surface area (Å²) < 4.78 is 5.37. The van der Waals surface area contributed by atoms with Crippen LogP contribution in [0.4, 0.5) is 5.69 Å². The second kappa shape index (κ2) is 14.2. The van der Waals surface area contributed by atoms with Crippen molar-refractivity contribution in [3.8, 4) is 0 Å². The highest BCUT2D eigenvalue weighted by Crippen LogP contribution is 2.47. The van der Waals surface area contributed by atoms with Crippen LogP contribution in [-0.4, -0.2) is 36.0 Å². The van der Waals surface area contributed by atoms with Gasteiger partial charge in [0, 0.05) is 30.7 Å². The van der Waals surface area contributed by atoms with Crippen LogP contribution < -0.4 is 10.6 Å². The number of rotatable bonds is 11. The molecule has 1 saturated heterocycles. The Morgan fingerprint density at radius 1 is 0.976 bits per heavy atom. The van der Waals surface area contributed by atoms with E-state index in [9.17, 15) is 4.79 Å². The fourth-order valence-electron chi connectivity index (χ4n) is 6.31. The maximum absolute atomic E-state index is 12.7. The lowest BCUT2D eigenvalue weighted by Crippen LogP contribution is -2.45. The number of ether oxygens (including phenoxy) is 1. The molecule has 1 fully saturated rings. The van der Waals surface area contributed by atoms with E-state index in [1.165, 1.54) is 36.8 Å². The number of guanidine groups is 1. The molecule has 41 heavy (non-hydrogen) atoms. The highest BCUT2D eigenvalue weighted by atomic mass is 16.5. The minimum atomic E-state index is -0.266. The van der Waals surface area contributed by atoms with Crippen molar-refractivity contribution in [2.75, 3.05) is 18.5 Å². The monoisotopic (exact) mass is 552 g/mol. The molecule has 0 amide bonds. The topological polar surface area (TPSA) is 66.0 Å². The van der Waals surface area contributed by atoms with Crippen LogP contribution in [0, 0.1) is 5.92 Å². The predicted molar refractivity (Wildman–Crippen MR) is 167 cm³/mol. The van der Waals surface area contributed by atoms with Gasteiger partial charge >= 0.3 is 5.97 Å². The van der Waals surface area contributed by atoms with Crippen molar-refractivity contribution in [3.05, 3.63) is 101 Å². The van der Waals surface area contributed by atoms with Gasteiger partial charge in [-0.15, -0.1) is 0 Å². The number of nitrogens with one attached hydrogen (secondary N) is 2. The van der Waals surface area contributed by atoms with Crippen molar-refractivity contribution in [2.45, 2.75) is 77.5 Å². The molecule has 6 nitrogen and oxygen atoms in total. The summed E-state index contributed by atoms with van der Waals surface area (Å²) in [6.45, 7) is 6.72. The van der Waals surface area contributed by atoms with Gasteiger partial charge in [-0.1, -0.05) is 93.3 Å². The normalized spacial score (nSPS) is 19.7. The SMILES string of the molecule is CCCCCC[C@H]1Nc2ccc(C(=O)OCC)cc2[C@@H]2[C@H]1CCN2C(=NCc1ccccc1)NCc1ccccc1. The Morgan fingerprint density at radius 3 is 2.46 bits per heavy atom. The predicted octanol–water partition coefficient (Wildman–Crippen LogP) is 7.34. The third kappa shape index (κ3) is 7.10. The van der Waals surface area contributed by atoms with E-state index in [0.717, 1.165) is 36.6 Å². The molecule has 0 aromatic heterocycles. The number of benzene rings is 3. The Bertz CT molecular complexity index is 1290. The summed E-state index contributed by atoms with van der Waals surface area (Å²) in [7, 11) is 0. The summed E-state index contributed by atoms with van der Waals surface area (Å²) in [6.07, 6.45) is 7.26. The number of unbranched alkanes of at least 4 members (excludes halogenated alkanes) is 3. The first-order valence-electron chi connectivity index (χ1n) is 15.4. The first kappa shape index (κ1) is 28.7. The molecule has 5 rings (SSSR count). The number of anilines is 1. The zero-order valence-corrected chi connectivity index (χ0v) is 24.5. The van der Waals surface area contributed by atoms with Gasteiger partial charge in [-0.2, -0.15) is 0 Å². The van der Waals surface area contributed by atoms with Crippen LogP contribution in [-0.2, 0) is 17.8 Å². The third-order valence-corrected chi connectivity index (χ3v) is 8.37. The van der Waals surface area contributed by atoms with Gasteiger partial charge in [0.25, 0.3) is 0 Å². The summed E-state index contributed by atoms with van der Waals surface area (Å²) in [5.41, 5.74) is 5.31. The van der Waals surface area contributed by atoms with Crippen molar-refractivity contribution in [1.29, 1.82) is 0 Å². The number of aliphatic imine (C=N–C) groups is 1. The summed E-state index contributed by atoms with van der Waals surface area (Å²) in [4.78, 5) is 20.4. The van der Waals surface area contributed by atoms with Gasteiger partial charge in [0.2, 0.25) is 0 Å². The van der Waals surface area contributed by atoms with Gasteiger partial charge in [0.1, 0.15) is 0 Å². The van der Waals surface area contributed by atoms with Crippen molar-refractivity contribution in [2.24, 2.45) is 10.9 Å². The Hall–Kier alpha value is -3.80. The summed E-state index contributed by atoms with van der Waals surface area (Å²) in [5, 5.41) is 7.59. The van der Waals surface area contributed by atoms with Gasteiger partial charge in [-0.3, -0.25) is 0 Å². The van der Waals surface area contributed by atoms with E-state index >= 15 is 0 Å². The van der Waals surface area contributed by atoms with Crippen LogP contribution >= 0.6 is 0 Å². The minimum Gasteiger partial charge on any atom is -0.462 e. The molecule has 0 saturated carbocycles. The average Bonchev–Trinajstić information content (AvgIpc) is 3.46. The molecule has 2 N–H and O–H groups in total. The maximum atomic E-state index is 12.7. The van der Waals surface area contributed by atoms with Crippen LogP contribution in [0.15, 0.2) is 83.9 Å². The smallest absolute Gasteiger partial charge is 0.338 e. The fraction of sp³-hybridized carbons (Fsp3) is 0.429. The van der Waals surface area contributed by atoms with Gasteiger partial charge in [-0.25, -0.2) is 9.79 Å². The molecule has 2 aliphatic heterocycles. The zero-order valence-electron chi connectivity index (χ0n) is 24.5. The Balaban J connectivity index is 1.48. The van der Waals surface area contributed by atoms with E-state index in [-0.39, 0.29) is 12.0 Å². The van der Waals surface area contributed by atoms with Crippen LogP contribution in [0.2, 0.25) is 0 Å². The molecular formula is C35H44N4O2. The van der Waals surface area contributed by atoms with E-state index in [1.807, 2.05) is 25.1 Å². The van der Waals surface area contributed by atoms with Crippen molar-refractivity contribution >= 4 is 17.6 Å². The fourth-order valence-corrected chi connectivity index (χ4v) is 6.31. The largest absolute Gasteiger partial charge is 0.462 e. The molecule has 216 valence electrons. The molecule has 2 heterocycles. The van der Waals surface area contributed by atoms with Gasteiger partial charge in [-0.05, 0) is 54.7 Å². The molecule has 0 spiro atoms. The molecule has 3 aromatic carbocycles. The molecule has 0 radical (unpaired) electrons. The van der Waals surface area contributed by atoms with Crippen molar-refractivity contribution in [3.63, 3.8) is 0 Å². The minimum absolute atomic E-state index is 0.134. The number of hydrogen-bond acceptors (Lipinski definition) is 4. The lowest BCUT2D eigenvalue weighted by Gasteiger charge is -2.41. The molecule has 0 aliphatic carbocycles. The number of fused-ring (bicyclic) bond motifs is 3. The van der Waals surface area contributed by atoms with Crippen LogP contribution in [0.5, 0.6) is 0 Å². The maximum Gasteiger partial charge on any atom is 0.338 e. The van der Waals surface area contributed by atoms with Crippen molar-refractivity contribution in [1.82, 2.24) is 10.2 Å². The first-order valence-corrected chi connectivity index (χ1v) is 15.4. The summed E-state index contributed by atoms with van der Waals surface area (Å²) in [5.74, 6) is 1.09. The highest BCUT2D eigenvalue weighted by Gasteiger charge is 2.45. The molecule has 0 bridgehead atoms. The van der Waals surface area contributed by atoms with E-state index in [2.05, 4.69) is 83.1 Å². The Kier molecular flexibility index (Phi) is 9.95. The lowest BCUT2D eigenvalue weighted by molar-refractivity contribution is 0.0526. The second-order valence-corrected chi connectivity index (χ2v) is 11.2. The molecular weight excluding hydrogens is 508 g/mol. The van der Waals surface area contributed by atoms with Gasteiger partial charge in [0.05, 0.1) is 24.8 Å². The van der Waals surface area contributed by atoms with Crippen LogP contribution in [0.3, 0.4) is 0 Å². The van der Waals surface area contributed by atoms with E-state index in [1.54, 1.807) is 0 Å². The number of esters is 1. The standard InChI is InChI=1S/C35H44N4O2/c1-3-5-6-13-18-31-29-21-22-39(33(29)30-23-28(34(40)41-4-2)19-20-32(30)38-31)35(36-24-26-14-9-7-10-15-26)37-25-27-16-11-8-12-17-27/h7-12,14-17,19-20,23,29,31,33,38H,3-6,13,18,21-22,24-25H2,1-2H3,(H,36,37)/t29-,31+,33-/m0/s1. The summed E-state index contributed by atoms with van der Waals surface area (Å²) >= 11 is 0. The molecule has 2 aliphatic rings. The number of carbonyl (C=O) groups is 1. The number of hydrogen-bond donors (Lipinski definition) is 2.